The zero-order chi connectivity index (χ0) is 17.0. The monoisotopic (exact) mass is 341 g/mol. The molecule has 4 N–H and O–H groups in total. The van der Waals surface area contributed by atoms with Crippen LogP contribution in [0.3, 0.4) is 0 Å². The van der Waals surface area contributed by atoms with Crippen molar-refractivity contribution in [1.82, 2.24) is 0 Å². The van der Waals surface area contributed by atoms with Crippen LogP contribution in [0.5, 0.6) is 5.75 Å². The van der Waals surface area contributed by atoms with E-state index < -0.39 is 37.4 Å². The molecule has 0 amide bonds. The number of halogens is 3. The first-order chi connectivity index (χ1) is 9.99. The van der Waals surface area contributed by atoms with Crippen LogP contribution >= 0.6 is 7.37 Å². The van der Waals surface area contributed by atoms with E-state index >= 15 is 0 Å². The van der Waals surface area contributed by atoms with Crippen LogP contribution in [0.4, 0.5) is 13.2 Å². The summed E-state index contributed by atoms with van der Waals surface area (Å²) < 4.78 is 52.1. The average molecular weight is 341 g/mol. The van der Waals surface area contributed by atoms with Crippen LogP contribution in [0.25, 0.3) is 0 Å². The normalized spacial score (nSPS) is 15.9. The lowest BCUT2D eigenvalue weighted by molar-refractivity contribution is -0.274. The van der Waals surface area contributed by atoms with Crippen LogP contribution in [0, 0.1) is 0 Å². The van der Waals surface area contributed by atoms with Gasteiger partial charge in [0.15, 0.2) is 0 Å². The third kappa shape index (κ3) is 6.46. The molecular weight excluding hydrogens is 326 g/mol. The van der Waals surface area contributed by atoms with Gasteiger partial charge in [-0.25, -0.2) is 0 Å². The number of hydrogen-bond donors (Lipinski definition) is 3. The molecule has 0 aliphatic rings. The second-order valence-corrected chi connectivity index (χ2v) is 7.10. The quantitative estimate of drug-likeness (QED) is 0.657. The Bertz CT molecular complexity index is 578. The van der Waals surface area contributed by atoms with E-state index in [0.29, 0.717) is 0 Å². The Hall–Kier alpha value is -1.57. The van der Waals surface area contributed by atoms with E-state index in [-0.39, 0.29) is 18.4 Å². The molecule has 22 heavy (non-hydrogen) atoms. The summed E-state index contributed by atoms with van der Waals surface area (Å²) in [5.74, 6) is -2.93. The Morgan fingerprint density at radius 1 is 1.41 bits per heavy atom. The molecule has 0 radical (unpaired) electrons. The Labute approximate surface area is 124 Å². The predicted octanol–water partition coefficient (Wildman–Crippen LogP) is 2.51. The molecule has 2 atom stereocenters. The first kappa shape index (κ1) is 18.5. The highest BCUT2D eigenvalue weighted by atomic mass is 31.2. The van der Waals surface area contributed by atoms with Gasteiger partial charge in [-0.3, -0.25) is 9.36 Å². The fraction of sp³-hybridized carbons (Fsp3) is 0.417. The Kier molecular flexibility index (Phi) is 5.99. The van der Waals surface area contributed by atoms with Crippen molar-refractivity contribution >= 4 is 13.3 Å². The van der Waals surface area contributed by atoms with Crippen LogP contribution in [0.1, 0.15) is 18.4 Å². The van der Waals surface area contributed by atoms with Gasteiger partial charge in [-0.15, -0.1) is 13.2 Å². The van der Waals surface area contributed by atoms with Gasteiger partial charge in [-0.1, -0.05) is 12.1 Å². The smallest absolute Gasteiger partial charge is 0.481 e. The molecule has 0 fully saturated rings. The number of benzene rings is 1. The fourth-order valence-electron chi connectivity index (χ4n) is 1.69. The van der Waals surface area contributed by atoms with Crippen molar-refractivity contribution in [3.63, 3.8) is 0 Å². The van der Waals surface area contributed by atoms with Crippen LogP contribution in [-0.4, -0.2) is 28.1 Å². The summed E-state index contributed by atoms with van der Waals surface area (Å²) in [6.07, 6.45) is -5.91. The minimum absolute atomic E-state index is 0.137. The molecule has 2 unspecified atom stereocenters. The number of carbonyl (C=O) groups is 1. The van der Waals surface area contributed by atoms with E-state index in [4.69, 9.17) is 10.8 Å². The Balaban J connectivity index is 2.78. The van der Waals surface area contributed by atoms with Gasteiger partial charge in [0.05, 0.1) is 11.9 Å². The second kappa shape index (κ2) is 7.13. The molecule has 6 nitrogen and oxygen atoms in total. The van der Waals surface area contributed by atoms with Crippen LogP contribution in [0.15, 0.2) is 24.3 Å². The molecule has 124 valence electrons. The summed E-state index contributed by atoms with van der Waals surface area (Å²) in [7, 11) is -3.96. The summed E-state index contributed by atoms with van der Waals surface area (Å²) in [6.45, 7) is 0. The molecule has 1 rings (SSSR count). The number of alkyl halides is 3. The van der Waals surface area contributed by atoms with Gasteiger partial charge in [0.1, 0.15) is 5.75 Å². The van der Waals surface area contributed by atoms with Gasteiger partial charge >= 0.3 is 12.3 Å². The minimum Gasteiger partial charge on any atom is -0.481 e. The summed E-state index contributed by atoms with van der Waals surface area (Å²) in [6, 6.07) is 4.65. The number of ether oxygens (including phenoxy) is 1. The van der Waals surface area contributed by atoms with Gasteiger partial charge < -0.3 is 20.5 Å². The van der Waals surface area contributed by atoms with Gasteiger partial charge in [0.2, 0.25) is 7.37 Å². The Morgan fingerprint density at radius 2 is 2.05 bits per heavy atom. The molecule has 0 spiro atoms. The highest BCUT2D eigenvalue weighted by molar-refractivity contribution is 7.57. The molecule has 0 aliphatic heterocycles. The second-order valence-electron chi connectivity index (χ2n) is 4.61. The van der Waals surface area contributed by atoms with Crippen LogP contribution < -0.4 is 10.5 Å². The molecule has 0 saturated carbocycles. The predicted molar refractivity (Wildman–Crippen MR) is 71.5 cm³/mol. The van der Waals surface area contributed by atoms with E-state index in [9.17, 15) is 27.4 Å². The molecule has 1 aromatic rings. The lowest BCUT2D eigenvalue weighted by atomic mass is 10.2. The summed E-state index contributed by atoms with van der Waals surface area (Å²) in [4.78, 5) is 20.3. The van der Waals surface area contributed by atoms with E-state index in [0.717, 1.165) is 12.1 Å². The molecule has 1 aromatic carbocycles. The van der Waals surface area contributed by atoms with Gasteiger partial charge in [-0.2, -0.15) is 0 Å². The highest BCUT2D eigenvalue weighted by Gasteiger charge is 2.32. The van der Waals surface area contributed by atoms with Gasteiger partial charge in [-0.05, 0) is 24.1 Å². The van der Waals surface area contributed by atoms with Crippen molar-refractivity contribution in [1.29, 1.82) is 0 Å². The minimum atomic E-state index is -4.86. The van der Waals surface area contributed by atoms with E-state index in [1.54, 1.807) is 0 Å². The first-order valence-corrected chi connectivity index (χ1v) is 8.04. The molecule has 0 heterocycles. The lowest BCUT2D eigenvalue weighted by Gasteiger charge is -2.19. The SMILES string of the molecule is NC(CCC(=O)O)P(=O)(O)Cc1cccc(OC(F)(F)F)c1. The van der Waals surface area contributed by atoms with Crippen molar-refractivity contribution in [2.24, 2.45) is 5.73 Å². The first-order valence-electron chi connectivity index (χ1n) is 6.13. The molecule has 10 heteroatoms. The molecular formula is C12H15F3NO5P. The fourth-order valence-corrected chi connectivity index (χ4v) is 3.18. The summed E-state index contributed by atoms with van der Waals surface area (Å²) in [5.41, 5.74) is 5.64. The number of nitrogens with two attached hydrogens (primary N) is 1. The molecule has 0 aromatic heterocycles. The number of hydrogen-bond acceptors (Lipinski definition) is 4. The van der Waals surface area contributed by atoms with E-state index in [1.165, 1.54) is 12.1 Å². The summed E-state index contributed by atoms with van der Waals surface area (Å²) >= 11 is 0. The molecule has 0 bridgehead atoms. The lowest BCUT2D eigenvalue weighted by Crippen LogP contribution is -2.22. The molecule has 0 saturated heterocycles. The maximum absolute atomic E-state index is 12.1. The maximum atomic E-state index is 12.1. The summed E-state index contributed by atoms with van der Waals surface area (Å²) in [5, 5.41) is 8.51. The topological polar surface area (TPSA) is 110 Å². The highest BCUT2D eigenvalue weighted by Crippen LogP contribution is 2.49. The third-order valence-electron chi connectivity index (χ3n) is 2.71. The zero-order valence-electron chi connectivity index (χ0n) is 11.3. The Morgan fingerprint density at radius 3 is 2.59 bits per heavy atom. The third-order valence-corrected chi connectivity index (χ3v) is 4.83. The van der Waals surface area contributed by atoms with E-state index in [2.05, 4.69) is 4.74 Å². The standard InChI is InChI=1S/C12H15F3NO5P/c13-12(14,15)21-9-3-1-2-8(6-9)7-22(19,20)10(16)4-5-11(17)18/h1-3,6,10H,4-5,7,16H2,(H,17,18)(H,19,20). The number of aliphatic carboxylic acids is 1. The van der Waals surface area contributed by atoms with Gasteiger partial charge in [0.25, 0.3) is 0 Å². The van der Waals surface area contributed by atoms with Crippen LogP contribution in [0.2, 0.25) is 0 Å². The maximum Gasteiger partial charge on any atom is 0.573 e. The molecule has 0 aliphatic carbocycles. The largest absolute Gasteiger partial charge is 0.573 e. The van der Waals surface area contributed by atoms with Crippen molar-refractivity contribution in [3.05, 3.63) is 29.8 Å². The van der Waals surface area contributed by atoms with E-state index in [1.807, 2.05) is 0 Å². The zero-order valence-corrected chi connectivity index (χ0v) is 12.2. The average Bonchev–Trinajstić information content (AvgIpc) is 2.33. The van der Waals surface area contributed by atoms with Crippen molar-refractivity contribution in [3.8, 4) is 5.75 Å². The number of rotatable bonds is 7. The number of carboxylic acids is 1. The van der Waals surface area contributed by atoms with Gasteiger partial charge in [0, 0.05) is 6.42 Å². The van der Waals surface area contributed by atoms with Crippen molar-refractivity contribution in [2.45, 2.75) is 31.1 Å². The van der Waals surface area contributed by atoms with Crippen LogP contribution in [-0.2, 0) is 15.5 Å². The number of carboxylic acid groups (broad SMARTS) is 1. The van der Waals surface area contributed by atoms with Crippen molar-refractivity contribution < 1.29 is 37.3 Å². The van der Waals surface area contributed by atoms with Crippen molar-refractivity contribution in [2.75, 3.05) is 0 Å².